The van der Waals surface area contributed by atoms with E-state index in [1.165, 1.54) is 0 Å². The first kappa shape index (κ1) is 12.8. The summed E-state index contributed by atoms with van der Waals surface area (Å²) in [5.41, 5.74) is 8.46. The first-order chi connectivity index (χ1) is 6.08. The van der Waals surface area contributed by atoms with Gasteiger partial charge in [-0.2, -0.15) is 0 Å². The van der Waals surface area contributed by atoms with Crippen molar-refractivity contribution in [3.8, 4) is 0 Å². The average Bonchev–Trinajstić information content (AvgIpc) is 2.04. The second-order valence-electron chi connectivity index (χ2n) is 3.50. The van der Waals surface area contributed by atoms with E-state index < -0.39 is 0 Å². The Labute approximate surface area is 81.4 Å². The highest BCUT2D eigenvalue weighted by atomic mass is 16.5. The number of ether oxygens (including phenoxy) is 1. The molecule has 0 bridgehead atoms. The minimum Gasteiger partial charge on any atom is -0.374 e. The molecule has 3 N–H and O–H groups in total. The van der Waals surface area contributed by atoms with Crippen LogP contribution in [-0.2, 0) is 4.74 Å². The van der Waals surface area contributed by atoms with E-state index >= 15 is 0 Å². The molecule has 0 aromatic carbocycles. The summed E-state index contributed by atoms with van der Waals surface area (Å²) in [6.07, 6.45) is 0.882. The van der Waals surface area contributed by atoms with Crippen LogP contribution in [0.2, 0.25) is 0 Å². The van der Waals surface area contributed by atoms with Gasteiger partial charge in [0.05, 0.1) is 5.60 Å². The molecule has 4 heteroatoms. The number of nitrogens with zero attached hydrogens (tertiary/aromatic N) is 1. The molecule has 0 aromatic heterocycles. The number of hydrogen-bond donors (Lipinski definition) is 2. The summed E-state index contributed by atoms with van der Waals surface area (Å²) in [5.74, 6) is 0. The van der Waals surface area contributed by atoms with E-state index in [0.717, 1.165) is 19.6 Å². The van der Waals surface area contributed by atoms with Crippen LogP contribution in [0.1, 0.15) is 20.3 Å². The van der Waals surface area contributed by atoms with E-state index in [1.54, 1.807) is 0 Å². The van der Waals surface area contributed by atoms with Gasteiger partial charge in [-0.15, -0.1) is 0 Å². The second-order valence-corrected chi connectivity index (χ2v) is 3.50. The quantitative estimate of drug-likeness (QED) is 0.562. The van der Waals surface area contributed by atoms with Crippen molar-refractivity contribution in [1.29, 1.82) is 0 Å². The van der Waals surface area contributed by atoms with Gasteiger partial charge in [0.2, 0.25) is 0 Å². The fourth-order valence-electron chi connectivity index (χ4n) is 1.43. The summed E-state index contributed by atoms with van der Waals surface area (Å²) in [7, 11) is 3.89. The fourth-order valence-corrected chi connectivity index (χ4v) is 1.43. The third kappa shape index (κ3) is 5.21. The monoisotopic (exact) mass is 189 g/mol. The van der Waals surface area contributed by atoms with Gasteiger partial charge >= 0.3 is 0 Å². The smallest absolute Gasteiger partial charge is 0.0806 e. The average molecular weight is 189 g/mol. The molecule has 1 atom stereocenters. The van der Waals surface area contributed by atoms with Crippen molar-refractivity contribution in [2.75, 3.05) is 33.8 Å². The predicted octanol–water partition coefficient (Wildman–Crippen LogP) is 0.197. The lowest BCUT2D eigenvalue weighted by Crippen LogP contribution is -2.46. The van der Waals surface area contributed by atoms with Crippen LogP contribution in [0.25, 0.3) is 0 Å². The first-order valence-corrected chi connectivity index (χ1v) is 4.80. The first-order valence-electron chi connectivity index (χ1n) is 4.80. The Balaban J connectivity index is 4.05. The van der Waals surface area contributed by atoms with Gasteiger partial charge in [0.25, 0.3) is 0 Å². The van der Waals surface area contributed by atoms with E-state index in [0.29, 0.717) is 6.54 Å². The van der Waals surface area contributed by atoms with Crippen LogP contribution in [-0.4, -0.2) is 44.4 Å². The third-order valence-electron chi connectivity index (χ3n) is 2.12. The van der Waals surface area contributed by atoms with Gasteiger partial charge in [0.15, 0.2) is 0 Å². The maximum atomic E-state index is 5.68. The molecule has 0 amide bonds. The SMILES string of the molecule is CCOC(C)(CCN)CN(C)NC. The largest absolute Gasteiger partial charge is 0.374 e. The van der Waals surface area contributed by atoms with E-state index in [1.807, 2.05) is 26.0 Å². The van der Waals surface area contributed by atoms with E-state index in [9.17, 15) is 0 Å². The molecule has 0 saturated carbocycles. The molecule has 0 aliphatic rings. The maximum Gasteiger partial charge on any atom is 0.0806 e. The summed E-state index contributed by atoms with van der Waals surface area (Å²) >= 11 is 0. The lowest BCUT2D eigenvalue weighted by atomic mass is 10.0. The summed E-state index contributed by atoms with van der Waals surface area (Å²) in [6.45, 7) is 6.34. The fraction of sp³-hybridized carbons (Fsp3) is 1.00. The van der Waals surface area contributed by atoms with Crippen molar-refractivity contribution >= 4 is 0 Å². The molecule has 0 rings (SSSR count). The number of nitrogens with two attached hydrogens (primary N) is 1. The van der Waals surface area contributed by atoms with E-state index in [4.69, 9.17) is 10.5 Å². The van der Waals surface area contributed by atoms with Crippen molar-refractivity contribution in [2.24, 2.45) is 5.73 Å². The van der Waals surface area contributed by atoms with Crippen molar-refractivity contribution in [1.82, 2.24) is 10.4 Å². The zero-order chi connectivity index (χ0) is 10.3. The summed E-state index contributed by atoms with van der Waals surface area (Å²) < 4.78 is 5.68. The molecule has 0 fully saturated rings. The van der Waals surface area contributed by atoms with Crippen LogP contribution in [0.3, 0.4) is 0 Å². The number of rotatable bonds is 7. The molecule has 0 heterocycles. The molecule has 1 unspecified atom stereocenters. The Kier molecular flexibility index (Phi) is 6.24. The van der Waals surface area contributed by atoms with Gasteiger partial charge in [-0.25, -0.2) is 5.01 Å². The van der Waals surface area contributed by atoms with Crippen LogP contribution >= 0.6 is 0 Å². The van der Waals surface area contributed by atoms with Gasteiger partial charge < -0.3 is 10.5 Å². The third-order valence-corrected chi connectivity index (χ3v) is 2.12. The molecule has 80 valence electrons. The summed E-state index contributed by atoms with van der Waals surface area (Å²) in [5, 5.41) is 2.01. The standard InChI is InChI=1S/C9H23N3O/c1-5-13-9(2,6-7-10)8-12(4)11-3/h11H,5-8,10H2,1-4H3. The van der Waals surface area contributed by atoms with E-state index in [2.05, 4.69) is 12.3 Å². The highest BCUT2D eigenvalue weighted by molar-refractivity contribution is 4.78. The second kappa shape index (κ2) is 6.32. The molecular weight excluding hydrogens is 166 g/mol. The summed E-state index contributed by atoms with van der Waals surface area (Å²) in [4.78, 5) is 0. The Bertz CT molecular complexity index is 124. The zero-order valence-corrected chi connectivity index (χ0v) is 9.26. The van der Waals surface area contributed by atoms with Crippen molar-refractivity contribution in [3.05, 3.63) is 0 Å². The van der Waals surface area contributed by atoms with Gasteiger partial charge in [-0.1, -0.05) is 0 Å². The van der Waals surface area contributed by atoms with Crippen LogP contribution < -0.4 is 11.2 Å². The topological polar surface area (TPSA) is 50.5 Å². The van der Waals surface area contributed by atoms with Crippen LogP contribution in [0.5, 0.6) is 0 Å². The van der Waals surface area contributed by atoms with Gasteiger partial charge in [-0.05, 0) is 33.9 Å². The number of hydrogen-bond acceptors (Lipinski definition) is 4. The van der Waals surface area contributed by atoms with Gasteiger partial charge in [-0.3, -0.25) is 5.43 Å². The molecule has 0 aromatic rings. The van der Waals surface area contributed by atoms with Crippen molar-refractivity contribution in [3.63, 3.8) is 0 Å². The molecule has 0 aliphatic heterocycles. The van der Waals surface area contributed by atoms with Crippen molar-refractivity contribution in [2.45, 2.75) is 25.9 Å². The normalized spacial score (nSPS) is 16.2. The van der Waals surface area contributed by atoms with E-state index in [-0.39, 0.29) is 5.60 Å². The Morgan fingerprint density at radius 2 is 2.15 bits per heavy atom. The molecule has 0 radical (unpaired) electrons. The number of nitrogens with one attached hydrogen (secondary N) is 1. The highest BCUT2D eigenvalue weighted by Gasteiger charge is 2.24. The molecule has 4 nitrogen and oxygen atoms in total. The number of hydrazine groups is 1. The molecule has 0 aliphatic carbocycles. The lowest BCUT2D eigenvalue weighted by Gasteiger charge is -2.33. The zero-order valence-electron chi connectivity index (χ0n) is 9.26. The number of likely N-dealkylation sites (N-methyl/N-ethyl adjacent to an activating group) is 1. The lowest BCUT2D eigenvalue weighted by molar-refractivity contribution is -0.0541. The molecule has 13 heavy (non-hydrogen) atoms. The van der Waals surface area contributed by atoms with Crippen molar-refractivity contribution < 1.29 is 4.74 Å². The molecule has 0 saturated heterocycles. The summed E-state index contributed by atoms with van der Waals surface area (Å²) in [6, 6.07) is 0. The van der Waals surface area contributed by atoms with Gasteiger partial charge in [0.1, 0.15) is 0 Å². The Morgan fingerprint density at radius 1 is 1.54 bits per heavy atom. The molecular formula is C9H23N3O. The Hall–Kier alpha value is -0.160. The van der Waals surface area contributed by atoms with Crippen LogP contribution in [0.15, 0.2) is 0 Å². The van der Waals surface area contributed by atoms with Crippen LogP contribution in [0.4, 0.5) is 0 Å². The predicted molar refractivity (Wildman–Crippen MR) is 55.4 cm³/mol. The minimum absolute atomic E-state index is 0.138. The maximum absolute atomic E-state index is 5.68. The van der Waals surface area contributed by atoms with Crippen LogP contribution in [0, 0.1) is 0 Å². The minimum atomic E-state index is -0.138. The van der Waals surface area contributed by atoms with Gasteiger partial charge in [0, 0.05) is 20.2 Å². The highest BCUT2D eigenvalue weighted by Crippen LogP contribution is 2.15. The Morgan fingerprint density at radius 3 is 2.54 bits per heavy atom. The molecule has 0 spiro atoms.